The Bertz CT molecular complexity index is 355. The molecule has 0 radical (unpaired) electrons. The Morgan fingerprint density at radius 2 is 1.70 bits per heavy atom. The van der Waals surface area contributed by atoms with Gasteiger partial charge in [-0.15, -0.1) is 0 Å². The average molecular weight is 324 g/mol. The van der Waals surface area contributed by atoms with Crippen LogP contribution in [0.3, 0.4) is 0 Å². The van der Waals surface area contributed by atoms with Crippen molar-refractivity contribution < 1.29 is 9.53 Å². The first kappa shape index (κ1) is 21.9. The lowest BCUT2D eigenvalue weighted by atomic mass is 10.1. The summed E-state index contributed by atoms with van der Waals surface area (Å²) in [6.07, 6.45) is 14.0. The van der Waals surface area contributed by atoms with Crippen LogP contribution in [0.25, 0.3) is 0 Å². The number of hydrogen-bond acceptors (Lipinski definition) is 3. The van der Waals surface area contributed by atoms with Gasteiger partial charge in [0.05, 0.1) is 6.54 Å². The Balaban J connectivity index is 3.51. The van der Waals surface area contributed by atoms with Gasteiger partial charge in [0.25, 0.3) is 0 Å². The zero-order chi connectivity index (χ0) is 17.3. The molecule has 0 heterocycles. The van der Waals surface area contributed by atoms with Crippen LogP contribution in [0.5, 0.6) is 0 Å². The molecular formula is C20H37NO2. The highest BCUT2D eigenvalue weighted by Gasteiger charge is 2.00. The number of carbonyl (C=O) groups is 1. The number of hydrogen-bond donors (Lipinski definition) is 1. The molecule has 3 nitrogen and oxygen atoms in total. The number of unbranched alkanes of at least 4 members (excludes halogenated alkanes) is 5. The largest absolute Gasteiger partial charge is 0.460 e. The summed E-state index contributed by atoms with van der Waals surface area (Å²) in [7, 11) is 0. The van der Waals surface area contributed by atoms with Crippen LogP contribution in [0.4, 0.5) is 0 Å². The second kappa shape index (κ2) is 15.8. The molecule has 23 heavy (non-hydrogen) atoms. The molecule has 0 aliphatic heterocycles. The first-order valence-electron chi connectivity index (χ1n) is 9.21. The monoisotopic (exact) mass is 323 g/mol. The highest BCUT2D eigenvalue weighted by Crippen LogP contribution is 2.06. The van der Waals surface area contributed by atoms with Gasteiger partial charge in [-0.2, -0.15) is 0 Å². The van der Waals surface area contributed by atoms with Crippen LogP contribution in [0.1, 0.15) is 79.1 Å². The van der Waals surface area contributed by atoms with Crippen molar-refractivity contribution in [2.45, 2.75) is 79.1 Å². The average Bonchev–Trinajstić information content (AvgIpc) is 2.49. The smallest absolute Gasteiger partial charge is 0.320 e. The molecule has 0 amide bonds. The maximum atomic E-state index is 11.6. The van der Waals surface area contributed by atoms with Gasteiger partial charge in [0.2, 0.25) is 0 Å². The van der Waals surface area contributed by atoms with E-state index in [1.54, 1.807) is 0 Å². The fourth-order valence-electron chi connectivity index (χ4n) is 2.24. The minimum Gasteiger partial charge on any atom is -0.460 e. The maximum Gasteiger partial charge on any atom is 0.320 e. The number of nitrogens with one attached hydrogen (secondary N) is 1. The molecule has 0 saturated carbocycles. The van der Waals surface area contributed by atoms with Crippen LogP contribution >= 0.6 is 0 Å². The summed E-state index contributed by atoms with van der Waals surface area (Å²) in [6.45, 7) is 10.1. The van der Waals surface area contributed by atoms with Gasteiger partial charge in [-0.3, -0.25) is 4.79 Å². The van der Waals surface area contributed by atoms with Crippen LogP contribution in [-0.2, 0) is 9.53 Å². The fraction of sp³-hybridized carbons (Fsp3) is 0.750. The van der Waals surface area contributed by atoms with Crippen molar-refractivity contribution in [3.05, 3.63) is 23.3 Å². The molecule has 0 bridgehead atoms. The molecule has 0 rings (SSSR count). The summed E-state index contributed by atoms with van der Waals surface area (Å²) in [6, 6.07) is 0. The number of ether oxygens (including phenoxy) is 1. The molecule has 1 N–H and O–H groups in total. The lowest BCUT2D eigenvalue weighted by Gasteiger charge is -2.05. The van der Waals surface area contributed by atoms with E-state index in [9.17, 15) is 4.79 Å². The lowest BCUT2D eigenvalue weighted by Crippen LogP contribution is -2.25. The van der Waals surface area contributed by atoms with Crippen molar-refractivity contribution in [1.82, 2.24) is 5.32 Å². The molecule has 0 spiro atoms. The normalized spacial score (nSPS) is 11.4. The van der Waals surface area contributed by atoms with E-state index in [2.05, 4.69) is 39.1 Å². The van der Waals surface area contributed by atoms with Crippen molar-refractivity contribution in [1.29, 1.82) is 0 Å². The van der Waals surface area contributed by atoms with Crippen LogP contribution < -0.4 is 5.32 Å². The van der Waals surface area contributed by atoms with E-state index in [1.165, 1.54) is 43.3 Å². The van der Waals surface area contributed by atoms with Crippen LogP contribution in [0.2, 0.25) is 0 Å². The van der Waals surface area contributed by atoms with Crippen molar-refractivity contribution in [3.63, 3.8) is 0 Å². The highest BCUT2D eigenvalue weighted by atomic mass is 16.5. The zero-order valence-electron chi connectivity index (χ0n) is 15.7. The number of allylic oxidation sites excluding steroid dienone is 3. The molecule has 0 aliphatic carbocycles. The summed E-state index contributed by atoms with van der Waals surface area (Å²) in [5, 5.41) is 3.16. The van der Waals surface area contributed by atoms with Crippen LogP contribution in [0, 0.1) is 0 Å². The zero-order valence-corrected chi connectivity index (χ0v) is 15.7. The minimum atomic E-state index is -0.163. The standard InChI is InChI=1S/C20H37NO2/c1-5-6-7-8-9-10-15-21-17-20(22)23-16-14-19(4)13-11-12-18(2)3/h12,14,21H,5-11,13,15-17H2,1-4H3. The molecule has 0 saturated heterocycles. The first-order valence-corrected chi connectivity index (χ1v) is 9.21. The Kier molecular flexibility index (Phi) is 15.0. The number of esters is 1. The maximum absolute atomic E-state index is 11.6. The Morgan fingerprint density at radius 1 is 1.00 bits per heavy atom. The van der Waals surface area contributed by atoms with Crippen molar-refractivity contribution >= 4 is 5.97 Å². The molecule has 0 aromatic heterocycles. The van der Waals surface area contributed by atoms with Gasteiger partial charge >= 0.3 is 5.97 Å². The fourth-order valence-corrected chi connectivity index (χ4v) is 2.24. The predicted molar refractivity (Wildman–Crippen MR) is 99.6 cm³/mol. The molecule has 0 fully saturated rings. The van der Waals surface area contributed by atoms with Gasteiger partial charge in [-0.05, 0) is 52.7 Å². The highest BCUT2D eigenvalue weighted by molar-refractivity contribution is 5.71. The molecule has 134 valence electrons. The summed E-state index contributed by atoms with van der Waals surface area (Å²) < 4.78 is 5.21. The van der Waals surface area contributed by atoms with E-state index in [1.807, 2.05) is 6.08 Å². The third-order valence-corrected chi connectivity index (χ3v) is 3.74. The molecule has 0 unspecified atom stereocenters. The summed E-state index contributed by atoms with van der Waals surface area (Å²) in [5.41, 5.74) is 2.62. The Labute approximate surface area is 143 Å². The van der Waals surface area contributed by atoms with Gasteiger partial charge in [-0.1, -0.05) is 56.3 Å². The number of carbonyl (C=O) groups excluding carboxylic acids is 1. The van der Waals surface area contributed by atoms with Crippen molar-refractivity contribution in [2.75, 3.05) is 19.7 Å². The Hall–Kier alpha value is -1.09. The molecule has 0 aliphatic rings. The second-order valence-electron chi connectivity index (χ2n) is 6.50. The molecule has 0 aromatic rings. The quantitative estimate of drug-likeness (QED) is 0.272. The van der Waals surface area contributed by atoms with E-state index >= 15 is 0 Å². The van der Waals surface area contributed by atoms with E-state index in [4.69, 9.17) is 4.74 Å². The van der Waals surface area contributed by atoms with Gasteiger partial charge in [0.15, 0.2) is 0 Å². The second-order valence-corrected chi connectivity index (χ2v) is 6.50. The number of rotatable bonds is 14. The lowest BCUT2D eigenvalue weighted by molar-refractivity contribution is -0.141. The SMILES string of the molecule is CCCCCCCCNCC(=O)OCC=C(C)CCC=C(C)C. The first-order chi connectivity index (χ1) is 11.1. The van der Waals surface area contributed by atoms with Crippen molar-refractivity contribution in [2.24, 2.45) is 0 Å². The topological polar surface area (TPSA) is 38.3 Å². The van der Waals surface area contributed by atoms with Crippen molar-refractivity contribution in [3.8, 4) is 0 Å². The predicted octanol–water partition coefficient (Wildman–Crippen LogP) is 5.17. The third kappa shape index (κ3) is 17.1. The van der Waals surface area contributed by atoms with Crippen LogP contribution in [-0.4, -0.2) is 25.7 Å². The molecule has 0 aromatic carbocycles. The molecular weight excluding hydrogens is 286 g/mol. The summed E-state index contributed by atoms with van der Waals surface area (Å²) >= 11 is 0. The molecule has 0 atom stereocenters. The molecule has 3 heteroatoms. The van der Waals surface area contributed by atoms with E-state index in [0.717, 1.165) is 25.8 Å². The minimum absolute atomic E-state index is 0.163. The summed E-state index contributed by atoms with van der Waals surface area (Å²) in [5.74, 6) is -0.163. The third-order valence-electron chi connectivity index (χ3n) is 3.74. The Morgan fingerprint density at radius 3 is 2.39 bits per heavy atom. The van der Waals surface area contributed by atoms with Crippen LogP contribution in [0.15, 0.2) is 23.3 Å². The van der Waals surface area contributed by atoms with Gasteiger partial charge in [-0.25, -0.2) is 0 Å². The van der Waals surface area contributed by atoms with E-state index in [0.29, 0.717) is 13.2 Å². The van der Waals surface area contributed by atoms with Gasteiger partial charge in [0, 0.05) is 0 Å². The van der Waals surface area contributed by atoms with Gasteiger partial charge in [0.1, 0.15) is 6.61 Å². The summed E-state index contributed by atoms with van der Waals surface area (Å²) in [4.78, 5) is 11.6. The van der Waals surface area contributed by atoms with E-state index < -0.39 is 0 Å². The van der Waals surface area contributed by atoms with E-state index in [-0.39, 0.29) is 5.97 Å². The van der Waals surface area contributed by atoms with Gasteiger partial charge < -0.3 is 10.1 Å².